The second kappa shape index (κ2) is 9.62. The number of nitrogens with one attached hydrogen (secondary N) is 1. The maximum absolute atomic E-state index is 14.4. The number of morpholine rings is 1. The van der Waals surface area contributed by atoms with Gasteiger partial charge in [-0.05, 0) is 35.9 Å². The van der Waals surface area contributed by atoms with Gasteiger partial charge in [-0.25, -0.2) is 12.8 Å². The third-order valence-corrected chi connectivity index (χ3v) is 7.22. The Hall–Kier alpha value is -2.40. The summed E-state index contributed by atoms with van der Waals surface area (Å²) < 4.78 is 57.5. The molecule has 2 aliphatic rings. The molecule has 0 radical (unpaired) electrons. The number of carbonyl (C=O) groups is 1. The van der Waals surface area contributed by atoms with Crippen molar-refractivity contribution >= 4 is 33.2 Å². The predicted molar refractivity (Wildman–Crippen MR) is 115 cm³/mol. The summed E-state index contributed by atoms with van der Waals surface area (Å²) in [6, 6.07) is 6.76. The Kier molecular flexibility index (Phi) is 6.85. The van der Waals surface area contributed by atoms with Crippen molar-refractivity contribution in [3.05, 3.63) is 46.7 Å². The number of amides is 1. The molecule has 172 valence electrons. The van der Waals surface area contributed by atoms with Crippen LogP contribution in [0.5, 0.6) is 11.5 Å². The van der Waals surface area contributed by atoms with Crippen LogP contribution < -0.4 is 14.8 Å². The molecule has 32 heavy (non-hydrogen) atoms. The highest BCUT2D eigenvalue weighted by atomic mass is 35.5. The van der Waals surface area contributed by atoms with E-state index in [4.69, 9.17) is 25.8 Å². The standard InChI is InChI=1S/C21H22ClFN2O6S/c22-16-10-14(11-18-21(16)31-7-1-6-30-18)12-20(26)24-15-2-3-17(23)19(13-15)32(27,28)25-4-8-29-9-5-25/h2-3,10-11,13H,1,4-9,12H2,(H,24,26). The van der Waals surface area contributed by atoms with Crippen molar-refractivity contribution in [3.8, 4) is 11.5 Å². The average molecular weight is 485 g/mol. The van der Waals surface area contributed by atoms with Crippen molar-refractivity contribution in [2.45, 2.75) is 17.7 Å². The zero-order valence-corrected chi connectivity index (χ0v) is 18.7. The van der Waals surface area contributed by atoms with Gasteiger partial charge in [0.1, 0.15) is 10.7 Å². The van der Waals surface area contributed by atoms with Crippen LogP contribution in [0.25, 0.3) is 0 Å². The van der Waals surface area contributed by atoms with Gasteiger partial charge in [0.25, 0.3) is 0 Å². The first-order chi connectivity index (χ1) is 15.3. The molecule has 0 aromatic heterocycles. The fourth-order valence-corrected chi connectivity index (χ4v) is 5.27. The van der Waals surface area contributed by atoms with Gasteiger partial charge in [-0.3, -0.25) is 4.79 Å². The summed E-state index contributed by atoms with van der Waals surface area (Å²) >= 11 is 6.27. The van der Waals surface area contributed by atoms with Gasteiger partial charge in [0, 0.05) is 25.2 Å². The Labute approximate surface area is 190 Å². The number of rotatable bonds is 5. The largest absolute Gasteiger partial charge is 0.489 e. The van der Waals surface area contributed by atoms with Crippen LogP contribution in [-0.4, -0.2) is 58.1 Å². The molecular formula is C21H22ClFN2O6S. The number of hydrogen-bond acceptors (Lipinski definition) is 6. The summed E-state index contributed by atoms with van der Waals surface area (Å²) in [5, 5.41) is 2.96. The molecule has 1 saturated heterocycles. The Morgan fingerprint density at radius 3 is 2.62 bits per heavy atom. The summed E-state index contributed by atoms with van der Waals surface area (Å²) in [7, 11) is -4.05. The fourth-order valence-electron chi connectivity index (χ4n) is 3.48. The molecule has 4 rings (SSSR count). The molecule has 0 saturated carbocycles. The molecule has 1 fully saturated rings. The Bertz CT molecular complexity index is 1120. The minimum atomic E-state index is -4.05. The van der Waals surface area contributed by atoms with Crippen LogP contribution in [0.1, 0.15) is 12.0 Å². The first kappa shape index (κ1) is 22.8. The van der Waals surface area contributed by atoms with Crippen LogP contribution in [0, 0.1) is 5.82 Å². The summed E-state index contributed by atoms with van der Waals surface area (Å²) in [5.74, 6) is -0.385. The number of halogens is 2. The normalized spacial score (nSPS) is 16.9. The molecule has 8 nitrogen and oxygen atoms in total. The average Bonchev–Trinajstić information content (AvgIpc) is 3.01. The van der Waals surface area contributed by atoms with Gasteiger partial charge < -0.3 is 19.5 Å². The van der Waals surface area contributed by atoms with Crippen LogP contribution in [0.3, 0.4) is 0 Å². The Morgan fingerprint density at radius 2 is 1.84 bits per heavy atom. The van der Waals surface area contributed by atoms with Gasteiger partial charge in [-0.15, -0.1) is 0 Å². The number of ether oxygens (including phenoxy) is 3. The number of anilines is 1. The lowest BCUT2D eigenvalue weighted by molar-refractivity contribution is -0.115. The van der Waals surface area contributed by atoms with E-state index in [0.29, 0.717) is 35.3 Å². The highest BCUT2D eigenvalue weighted by Crippen LogP contribution is 2.38. The van der Waals surface area contributed by atoms with Crippen molar-refractivity contribution in [1.29, 1.82) is 0 Å². The summed E-state index contributed by atoms with van der Waals surface area (Å²) in [6.07, 6.45) is 0.681. The van der Waals surface area contributed by atoms with Crippen LogP contribution in [0.4, 0.5) is 10.1 Å². The third kappa shape index (κ3) is 4.98. The highest BCUT2D eigenvalue weighted by molar-refractivity contribution is 7.89. The number of nitrogens with zero attached hydrogens (tertiary/aromatic N) is 1. The smallest absolute Gasteiger partial charge is 0.246 e. The molecule has 11 heteroatoms. The van der Waals surface area contributed by atoms with Gasteiger partial charge in [0.15, 0.2) is 11.5 Å². The van der Waals surface area contributed by atoms with E-state index in [2.05, 4.69) is 5.32 Å². The molecule has 2 aromatic rings. The molecule has 2 aromatic carbocycles. The van der Waals surface area contributed by atoms with Crippen molar-refractivity contribution in [2.75, 3.05) is 44.8 Å². The molecular weight excluding hydrogens is 463 g/mol. The zero-order valence-electron chi connectivity index (χ0n) is 17.1. The molecule has 1 N–H and O–H groups in total. The lowest BCUT2D eigenvalue weighted by atomic mass is 10.1. The van der Waals surface area contributed by atoms with E-state index >= 15 is 0 Å². The van der Waals surface area contributed by atoms with E-state index < -0.39 is 26.6 Å². The first-order valence-corrected chi connectivity index (χ1v) is 11.9. The Morgan fingerprint density at radius 1 is 1.09 bits per heavy atom. The molecule has 2 aliphatic heterocycles. The maximum atomic E-state index is 14.4. The number of fused-ring (bicyclic) bond motifs is 1. The van der Waals surface area contributed by atoms with Crippen LogP contribution >= 0.6 is 11.6 Å². The van der Waals surface area contributed by atoms with Crippen LogP contribution in [0.2, 0.25) is 5.02 Å². The maximum Gasteiger partial charge on any atom is 0.246 e. The van der Waals surface area contributed by atoms with Gasteiger partial charge >= 0.3 is 0 Å². The monoisotopic (exact) mass is 484 g/mol. The second-order valence-corrected chi connectivity index (χ2v) is 9.66. The quantitative estimate of drug-likeness (QED) is 0.701. The number of carbonyl (C=O) groups excluding carboxylic acids is 1. The van der Waals surface area contributed by atoms with Crippen molar-refractivity contribution < 1.29 is 31.8 Å². The number of hydrogen-bond donors (Lipinski definition) is 1. The SMILES string of the molecule is O=C(Cc1cc(Cl)c2c(c1)OCCCO2)Nc1ccc(F)c(S(=O)(=O)N2CCOCC2)c1. The minimum absolute atomic E-state index is 0.0424. The predicted octanol–water partition coefficient (Wildman–Crippen LogP) is 2.84. The van der Waals surface area contributed by atoms with Gasteiger partial charge in [0.2, 0.25) is 15.9 Å². The fraction of sp³-hybridized carbons (Fsp3) is 0.381. The van der Waals surface area contributed by atoms with Gasteiger partial charge in [0.05, 0.1) is 37.9 Å². The first-order valence-electron chi connectivity index (χ1n) is 10.1. The van der Waals surface area contributed by atoms with E-state index in [9.17, 15) is 17.6 Å². The molecule has 2 heterocycles. The summed E-state index contributed by atoms with van der Waals surface area (Å²) in [6.45, 7) is 1.75. The van der Waals surface area contributed by atoms with E-state index in [1.807, 2.05) is 0 Å². The summed E-state index contributed by atoms with van der Waals surface area (Å²) in [5.41, 5.74) is 0.767. The van der Waals surface area contributed by atoms with E-state index in [1.165, 1.54) is 10.4 Å². The Balaban J connectivity index is 1.50. The van der Waals surface area contributed by atoms with Crippen molar-refractivity contribution in [2.24, 2.45) is 0 Å². The molecule has 0 atom stereocenters. The summed E-state index contributed by atoms with van der Waals surface area (Å²) in [4.78, 5) is 12.1. The molecule has 0 bridgehead atoms. The highest BCUT2D eigenvalue weighted by Gasteiger charge is 2.29. The molecule has 1 amide bonds. The van der Waals surface area contributed by atoms with E-state index in [-0.39, 0.29) is 38.4 Å². The van der Waals surface area contributed by atoms with Crippen LogP contribution in [0.15, 0.2) is 35.2 Å². The molecule has 0 unspecified atom stereocenters. The van der Waals surface area contributed by atoms with Crippen molar-refractivity contribution in [3.63, 3.8) is 0 Å². The topological polar surface area (TPSA) is 94.2 Å². The lowest BCUT2D eigenvalue weighted by Gasteiger charge is -2.26. The van der Waals surface area contributed by atoms with Crippen LogP contribution in [-0.2, 0) is 26.0 Å². The van der Waals surface area contributed by atoms with E-state index in [1.54, 1.807) is 12.1 Å². The van der Waals surface area contributed by atoms with Crippen molar-refractivity contribution in [1.82, 2.24) is 4.31 Å². The molecule has 0 spiro atoms. The van der Waals surface area contributed by atoms with Gasteiger partial charge in [-0.2, -0.15) is 4.31 Å². The third-order valence-electron chi connectivity index (χ3n) is 5.03. The second-order valence-electron chi connectivity index (χ2n) is 7.34. The number of sulfonamides is 1. The van der Waals surface area contributed by atoms with Gasteiger partial charge in [-0.1, -0.05) is 11.6 Å². The minimum Gasteiger partial charge on any atom is -0.489 e. The lowest BCUT2D eigenvalue weighted by Crippen LogP contribution is -2.40. The number of benzene rings is 2. The zero-order chi connectivity index (χ0) is 22.7. The molecule has 0 aliphatic carbocycles. The van der Waals surface area contributed by atoms with E-state index in [0.717, 1.165) is 18.6 Å².